The van der Waals surface area contributed by atoms with Crippen LogP contribution in [-0.2, 0) is 4.79 Å². The minimum atomic E-state index is -4.57. The van der Waals surface area contributed by atoms with Gasteiger partial charge in [0.05, 0.1) is 18.3 Å². The summed E-state index contributed by atoms with van der Waals surface area (Å²) in [5.41, 5.74) is 4.46. The topological polar surface area (TPSA) is 114 Å². The normalized spacial score (nSPS) is 19.2. The van der Waals surface area contributed by atoms with E-state index in [-0.39, 0.29) is 35.6 Å². The molecule has 0 unspecified atom stereocenters. The fourth-order valence-corrected chi connectivity index (χ4v) is 8.13. The molecule has 0 radical (unpaired) electrons. The molecule has 2 N–H and O–H groups in total. The molecule has 0 atom stereocenters. The standard InChI is InChI=1S/C37H43F3N8O3/c1-4-29(50)48-19-36(20-48)9-11-46(12-10-36)34-26-15-25(23-6-7-23)31(30-22(2)5-8-28-27(30)16-41-44-28)33(51-21-37(38,39)40)32(26)42-35(43-34)47-17-24(18-47)45(3)13-14-49/h4-5,8,15-16,23-24,49H,1,6-7,9-14,17-21H2,2-3H3,(H,41,44). The maximum atomic E-state index is 14.0. The van der Waals surface area contributed by atoms with Crippen molar-refractivity contribution in [3.63, 3.8) is 0 Å². The number of benzene rings is 2. The Hall–Kier alpha value is -4.43. The summed E-state index contributed by atoms with van der Waals surface area (Å²) in [6.07, 6.45) is 2.08. The number of aryl methyl sites for hydroxylation is 1. The van der Waals surface area contributed by atoms with E-state index in [1.807, 2.05) is 35.9 Å². The minimum Gasteiger partial charge on any atom is -0.481 e. The third-order valence-electron chi connectivity index (χ3n) is 11.3. The number of aliphatic hydroxyl groups is 1. The van der Waals surface area contributed by atoms with Crippen LogP contribution in [0.4, 0.5) is 24.9 Å². The van der Waals surface area contributed by atoms with E-state index in [2.05, 4.69) is 32.6 Å². The van der Waals surface area contributed by atoms with Crippen LogP contribution in [-0.4, -0.2) is 119 Å². The van der Waals surface area contributed by atoms with Crippen molar-refractivity contribution in [2.24, 2.45) is 5.41 Å². The number of nitrogens with zero attached hydrogens (tertiary/aromatic N) is 7. The Kier molecular flexibility index (Phi) is 8.36. The molecule has 1 spiro atoms. The van der Waals surface area contributed by atoms with Crippen molar-refractivity contribution in [1.82, 2.24) is 30.0 Å². The maximum Gasteiger partial charge on any atom is 0.422 e. The Bertz CT molecular complexity index is 1990. The minimum absolute atomic E-state index is 0.0386. The predicted molar refractivity (Wildman–Crippen MR) is 189 cm³/mol. The highest BCUT2D eigenvalue weighted by Gasteiger charge is 2.47. The number of H-pyrrole nitrogens is 1. The van der Waals surface area contributed by atoms with Crippen LogP contribution in [0.1, 0.15) is 42.7 Å². The van der Waals surface area contributed by atoms with Crippen molar-refractivity contribution in [3.8, 4) is 16.9 Å². The number of carbonyl (C=O) groups excluding carboxylic acids is 1. The van der Waals surface area contributed by atoms with Crippen LogP contribution in [0.15, 0.2) is 37.1 Å². The summed E-state index contributed by atoms with van der Waals surface area (Å²) in [5.74, 6) is 1.37. The summed E-state index contributed by atoms with van der Waals surface area (Å²) in [7, 11) is 1.96. The van der Waals surface area contributed by atoms with Gasteiger partial charge in [-0.1, -0.05) is 12.6 Å². The Labute approximate surface area is 294 Å². The van der Waals surface area contributed by atoms with Crippen LogP contribution in [0.25, 0.3) is 32.9 Å². The van der Waals surface area contributed by atoms with E-state index in [0.717, 1.165) is 53.3 Å². The monoisotopic (exact) mass is 704 g/mol. The zero-order valence-electron chi connectivity index (χ0n) is 29.0. The van der Waals surface area contributed by atoms with Crippen LogP contribution < -0.4 is 14.5 Å². The summed E-state index contributed by atoms with van der Waals surface area (Å²) in [6, 6.07) is 6.17. The van der Waals surface area contributed by atoms with E-state index < -0.39 is 12.8 Å². The fourth-order valence-electron chi connectivity index (χ4n) is 8.13. The van der Waals surface area contributed by atoms with Gasteiger partial charge in [0, 0.05) is 73.6 Å². The highest BCUT2D eigenvalue weighted by atomic mass is 19.4. The molecule has 270 valence electrons. The number of likely N-dealkylation sites (tertiary alicyclic amines) is 1. The van der Waals surface area contributed by atoms with Gasteiger partial charge in [-0.15, -0.1) is 0 Å². The lowest BCUT2D eigenvalue weighted by Gasteiger charge is -2.54. The van der Waals surface area contributed by atoms with Gasteiger partial charge in [0.2, 0.25) is 11.9 Å². The number of likely N-dealkylation sites (N-methyl/N-ethyl adjacent to an activating group) is 1. The van der Waals surface area contributed by atoms with Gasteiger partial charge >= 0.3 is 6.18 Å². The van der Waals surface area contributed by atoms with Crippen LogP contribution in [0.5, 0.6) is 5.75 Å². The molecule has 11 nitrogen and oxygen atoms in total. The van der Waals surface area contributed by atoms with E-state index >= 15 is 0 Å². The molecule has 2 aromatic carbocycles. The van der Waals surface area contributed by atoms with Crippen molar-refractivity contribution >= 4 is 39.5 Å². The number of carbonyl (C=O) groups is 1. The molecule has 1 saturated carbocycles. The van der Waals surface area contributed by atoms with Gasteiger partial charge in [0.15, 0.2) is 12.4 Å². The van der Waals surface area contributed by atoms with E-state index in [1.54, 1.807) is 6.20 Å². The average molecular weight is 705 g/mol. The lowest BCUT2D eigenvalue weighted by Crippen LogP contribution is -2.61. The zero-order valence-corrected chi connectivity index (χ0v) is 29.0. The van der Waals surface area contributed by atoms with Crippen LogP contribution in [0.2, 0.25) is 0 Å². The smallest absolute Gasteiger partial charge is 0.422 e. The molecule has 51 heavy (non-hydrogen) atoms. The highest BCUT2D eigenvalue weighted by molar-refractivity contribution is 6.06. The molecule has 4 aliphatic rings. The molecule has 4 fully saturated rings. The number of alkyl halides is 3. The number of piperidine rings is 1. The first-order chi connectivity index (χ1) is 24.5. The van der Waals surface area contributed by atoms with Crippen molar-refractivity contribution in [1.29, 1.82) is 0 Å². The number of ether oxygens (including phenoxy) is 1. The van der Waals surface area contributed by atoms with Crippen molar-refractivity contribution < 1.29 is 27.8 Å². The quantitative estimate of drug-likeness (QED) is 0.220. The fraction of sp³-hybridized carbons (Fsp3) is 0.514. The SMILES string of the molecule is C=CC(=O)N1CC2(CCN(c3nc(N4CC(N(C)CCO)C4)nc4c(OCC(F)(F)F)c(-c5c(C)ccc6[nH]ncc56)c(C5CC5)cc34)CC2)C1. The molecule has 5 heterocycles. The van der Waals surface area contributed by atoms with E-state index in [1.165, 1.54) is 6.08 Å². The summed E-state index contributed by atoms with van der Waals surface area (Å²) < 4.78 is 48.0. The second-order valence-electron chi connectivity index (χ2n) is 14.8. The van der Waals surface area contributed by atoms with Gasteiger partial charge in [0.1, 0.15) is 11.3 Å². The number of nitrogens with one attached hydrogen (secondary N) is 1. The first-order valence-electron chi connectivity index (χ1n) is 17.7. The van der Waals surface area contributed by atoms with Crippen molar-refractivity contribution in [2.45, 2.75) is 50.7 Å². The van der Waals surface area contributed by atoms with E-state index in [0.29, 0.717) is 74.0 Å². The number of aliphatic hydroxyl groups excluding tert-OH is 1. The number of aromatic nitrogens is 4. The van der Waals surface area contributed by atoms with Crippen LogP contribution in [0, 0.1) is 12.3 Å². The van der Waals surface area contributed by atoms with Crippen LogP contribution in [0.3, 0.4) is 0 Å². The highest BCUT2D eigenvalue weighted by Crippen LogP contribution is 2.53. The Morgan fingerprint density at radius 3 is 2.55 bits per heavy atom. The molecule has 1 amide bonds. The van der Waals surface area contributed by atoms with Crippen LogP contribution >= 0.6 is 0 Å². The first-order valence-corrected chi connectivity index (χ1v) is 17.7. The lowest BCUT2D eigenvalue weighted by molar-refractivity contribution is -0.153. The number of amides is 1. The van der Waals surface area contributed by atoms with Crippen molar-refractivity contribution in [2.75, 3.05) is 75.9 Å². The summed E-state index contributed by atoms with van der Waals surface area (Å²) in [6.45, 7) is 8.74. The van der Waals surface area contributed by atoms with Gasteiger partial charge in [-0.2, -0.15) is 23.3 Å². The number of hydrogen-bond acceptors (Lipinski definition) is 9. The van der Waals surface area contributed by atoms with Crippen molar-refractivity contribution in [3.05, 3.63) is 48.2 Å². The number of halogens is 3. The number of hydrogen-bond donors (Lipinski definition) is 2. The predicted octanol–water partition coefficient (Wildman–Crippen LogP) is 5.03. The maximum absolute atomic E-state index is 14.0. The summed E-state index contributed by atoms with van der Waals surface area (Å²) in [5, 5.41) is 18.3. The third kappa shape index (κ3) is 6.15. The van der Waals surface area contributed by atoms with E-state index in [9.17, 15) is 23.1 Å². The molecular formula is C37H43F3N8O3. The first kappa shape index (κ1) is 33.7. The number of anilines is 2. The molecule has 2 aromatic heterocycles. The molecular weight excluding hydrogens is 661 g/mol. The molecule has 4 aromatic rings. The van der Waals surface area contributed by atoms with Gasteiger partial charge in [-0.05, 0) is 80.5 Å². The summed E-state index contributed by atoms with van der Waals surface area (Å²) in [4.78, 5) is 30.6. The second kappa shape index (κ2) is 12.7. The Balaban J connectivity index is 1.28. The lowest BCUT2D eigenvalue weighted by atomic mass is 9.72. The second-order valence-corrected chi connectivity index (χ2v) is 14.8. The van der Waals surface area contributed by atoms with E-state index in [4.69, 9.17) is 14.7 Å². The number of aromatic amines is 1. The number of rotatable bonds is 10. The average Bonchev–Trinajstić information content (AvgIpc) is 3.80. The molecule has 1 aliphatic carbocycles. The van der Waals surface area contributed by atoms with Gasteiger partial charge in [0.25, 0.3) is 0 Å². The third-order valence-corrected chi connectivity index (χ3v) is 11.3. The van der Waals surface area contributed by atoms with Gasteiger partial charge in [-0.25, -0.2) is 4.98 Å². The molecule has 0 bridgehead atoms. The Morgan fingerprint density at radius 1 is 1.14 bits per heavy atom. The largest absolute Gasteiger partial charge is 0.481 e. The molecule has 14 heteroatoms. The Morgan fingerprint density at radius 2 is 1.88 bits per heavy atom. The molecule has 8 rings (SSSR count). The molecule has 3 saturated heterocycles. The summed E-state index contributed by atoms with van der Waals surface area (Å²) >= 11 is 0. The van der Waals surface area contributed by atoms with Gasteiger partial charge < -0.3 is 24.5 Å². The zero-order chi connectivity index (χ0) is 35.7. The number of fused-ring (bicyclic) bond motifs is 2. The molecule has 3 aliphatic heterocycles. The van der Waals surface area contributed by atoms with Gasteiger partial charge in [-0.3, -0.25) is 14.8 Å².